The number of hydrogen-bond acceptors (Lipinski definition) is 5. The van der Waals surface area contributed by atoms with E-state index in [4.69, 9.17) is 21.3 Å². The predicted molar refractivity (Wildman–Crippen MR) is 123 cm³/mol. The molecule has 0 saturated carbocycles. The van der Waals surface area contributed by atoms with Crippen LogP contribution in [0.4, 0.5) is 0 Å². The second kappa shape index (κ2) is 8.91. The number of benzene rings is 1. The van der Waals surface area contributed by atoms with Crippen molar-refractivity contribution >= 4 is 28.0 Å². The van der Waals surface area contributed by atoms with E-state index in [0.717, 1.165) is 84.2 Å². The molecule has 0 bridgehead atoms. The van der Waals surface area contributed by atoms with Gasteiger partial charge in [-0.2, -0.15) is 5.10 Å². The van der Waals surface area contributed by atoms with Crippen LogP contribution in [-0.2, 0) is 17.6 Å². The van der Waals surface area contributed by atoms with Crippen molar-refractivity contribution in [3.8, 4) is 0 Å². The van der Waals surface area contributed by atoms with Gasteiger partial charge in [-0.15, -0.1) is 0 Å². The normalized spacial score (nSPS) is 16.2. The lowest BCUT2D eigenvalue weighted by molar-refractivity contribution is 0.0384. The average Bonchev–Trinajstić information content (AvgIpc) is 3.28. The summed E-state index contributed by atoms with van der Waals surface area (Å²) >= 11 is 6.61. The highest BCUT2D eigenvalue weighted by Crippen LogP contribution is 2.30. The molecule has 160 valence electrons. The largest absolute Gasteiger partial charge is 0.379 e. The van der Waals surface area contributed by atoms with Crippen LogP contribution in [0.1, 0.15) is 29.9 Å². The summed E-state index contributed by atoms with van der Waals surface area (Å²) in [5, 5.41) is 7.43. The first-order valence-corrected chi connectivity index (χ1v) is 11.2. The van der Waals surface area contributed by atoms with E-state index in [2.05, 4.69) is 34.0 Å². The molecule has 4 heterocycles. The molecule has 0 amide bonds. The van der Waals surface area contributed by atoms with Gasteiger partial charge in [0.2, 0.25) is 0 Å². The van der Waals surface area contributed by atoms with Crippen molar-refractivity contribution < 1.29 is 4.74 Å². The van der Waals surface area contributed by atoms with Crippen LogP contribution in [0.2, 0.25) is 5.02 Å². The maximum Gasteiger partial charge on any atom is 0.155 e. The van der Waals surface area contributed by atoms with Crippen molar-refractivity contribution in [2.24, 2.45) is 0 Å². The number of aromatic nitrogens is 4. The zero-order valence-electron chi connectivity index (χ0n) is 17.7. The van der Waals surface area contributed by atoms with Gasteiger partial charge in [0.25, 0.3) is 0 Å². The molecule has 7 heteroatoms. The minimum Gasteiger partial charge on any atom is -0.379 e. The van der Waals surface area contributed by atoms with Crippen molar-refractivity contribution in [3.05, 3.63) is 70.9 Å². The molecule has 0 aliphatic carbocycles. The van der Waals surface area contributed by atoms with E-state index in [1.807, 2.05) is 35.0 Å². The van der Waals surface area contributed by atoms with E-state index in [1.54, 1.807) is 6.20 Å². The van der Waals surface area contributed by atoms with Crippen LogP contribution in [0.3, 0.4) is 0 Å². The Hall–Kier alpha value is -2.54. The molecule has 1 aliphatic rings. The number of hydrogen-bond donors (Lipinski definition) is 0. The number of fused-ring (bicyclic) bond motifs is 2. The molecule has 0 spiro atoms. The third kappa shape index (κ3) is 4.28. The van der Waals surface area contributed by atoms with E-state index in [-0.39, 0.29) is 5.92 Å². The third-order valence-electron chi connectivity index (χ3n) is 6.06. The van der Waals surface area contributed by atoms with E-state index >= 15 is 0 Å². The summed E-state index contributed by atoms with van der Waals surface area (Å²) < 4.78 is 7.39. The summed E-state index contributed by atoms with van der Waals surface area (Å²) in [5.41, 5.74) is 4.17. The summed E-state index contributed by atoms with van der Waals surface area (Å²) in [4.78, 5) is 11.9. The lowest BCUT2D eigenvalue weighted by Crippen LogP contribution is -2.37. The topological polar surface area (TPSA) is 55.5 Å². The van der Waals surface area contributed by atoms with Crippen LogP contribution in [0.5, 0.6) is 0 Å². The van der Waals surface area contributed by atoms with Gasteiger partial charge in [0.1, 0.15) is 0 Å². The Morgan fingerprint density at radius 3 is 2.87 bits per heavy atom. The number of rotatable bonds is 6. The van der Waals surface area contributed by atoms with Crippen LogP contribution in [-0.4, -0.2) is 57.3 Å². The lowest BCUT2D eigenvalue weighted by Gasteiger charge is -2.26. The van der Waals surface area contributed by atoms with Gasteiger partial charge in [-0.1, -0.05) is 30.7 Å². The minimum atomic E-state index is 0.236. The molecular formula is C24H26ClN5O. The Labute approximate surface area is 186 Å². The highest BCUT2D eigenvalue weighted by atomic mass is 35.5. The van der Waals surface area contributed by atoms with Gasteiger partial charge in [0.15, 0.2) is 5.65 Å². The molecule has 0 radical (unpaired) electrons. The maximum atomic E-state index is 6.61. The summed E-state index contributed by atoms with van der Waals surface area (Å²) in [6.07, 6.45) is 5.35. The van der Waals surface area contributed by atoms with Gasteiger partial charge in [0.05, 0.1) is 30.1 Å². The zero-order chi connectivity index (χ0) is 21.2. The molecule has 0 unspecified atom stereocenters. The average molecular weight is 436 g/mol. The Morgan fingerprint density at radius 1 is 1.13 bits per heavy atom. The number of nitrogens with zero attached hydrogens (tertiary/aromatic N) is 5. The quantitative estimate of drug-likeness (QED) is 0.455. The Morgan fingerprint density at radius 2 is 2.00 bits per heavy atom. The Kier molecular flexibility index (Phi) is 5.85. The molecule has 1 aromatic carbocycles. The first-order valence-electron chi connectivity index (χ1n) is 10.8. The fraction of sp³-hybridized carbons (Fsp3) is 0.375. The molecule has 6 nitrogen and oxygen atoms in total. The molecule has 5 rings (SSSR count). The second-order valence-electron chi connectivity index (χ2n) is 8.18. The number of halogens is 1. The molecule has 4 aromatic rings. The predicted octanol–water partition coefficient (Wildman–Crippen LogP) is 4.15. The van der Waals surface area contributed by atoms with Crippen LogP contribution in [0, 0.1) is 0 Å². The van der Waals surface area contributed by atoms with Crippen molar-refractivity contribution in [3.63, 3.8) is 0 Å². The zero-order valence-corrected chi connectivity index (χ0v) is 18.4. The maximum absolute atomic E-state index is 6.61. The molecule has 31 heavy (non-hydrogen) atoms. The fourth-order valence-corrected chi connectivity index (χ4v) is 4.64. The minimum absolute atomic E-state index is 0.236. The molecule has 1 atom stereocenters. The molecular weight excluding hydrogens is 410 g/mol. The Bertz CT molecular complexity index is 1200. The van der Waals surface area contributed by atoms with Gasteiger partial charge in [-0.25, -0.2) is 9.50 Å². The van der Waals surface area contributed by atoms with E-state index in [0.29, 0.717) is 0 Å². The van der Waals surface area contributed by atoms with Crippen LogP contribution >= 0.6 is 11.6 Å². The smallest absolute Gasteiger partial charge is 0.155 e. The second-order valence-corrected chi connectivity index (χ2v) is 8.59. The molecule has 0 N–H and O–H groups in total. The number of ether oxygens (including phenoxy) is 1. The van der Waals surface area contributed by atoms with Gasteiger partial charge in [-0.3, -0.25) is 9.88 Å². The van der Waals surface area contributed by atoms with Crippen molar-refractivity contribution in [1.29, 1.82) is 0 Å². The molecule has 3 aromatic heterocycles. The molecule has 1 aliphatic heterocycles. The summed E-state index contributed by atoms with van der Waals surface area (Å²) in [6, 6.07) is 12.3. The van der Waals surface area contributed by atoms with Crippen molar-refractivity contribution in [2.45, 2.75) is 25.7 Å². The first-order chi connectivity index (χ1) is 15.2. The monoisotopic (exact) mass is 435 g/mol. The van der Waals surface area contributed by atoms with E-state index in [1.165, 1.54) is 0 Å². The van der Waals surface area contributed by atoms with Gasteiger partial charge in [-0.05, 0) is 30.0 Å². The van der Waals surface area contributed by atoms with E-state index in [9.17, 15) is 0 Å². The SMILES string of the molecule is C[C@H](Cc1ccnc2ccnn12)c1cc2cccc(Cl)c2c(CCN2CCOCC2)n1. The standard InChI is InChI=1S/C24H26ClN5O/c1-17(15-19-5-8-26-23-6-9-27-30(19)23)22-16-18-3-2-4-20(25)24(18)21(28-22)7-10-29-11-13-31-14-12-29/h2-6,8-9,16-17H,7,10-15H2,1H3/t17-/m1/s1. The van der Waals surface area contributed by atoms with Crippen LogP contribution in [0.15, 0.2) is 48.8 Å². The molecule has 1 fully saturated rings. The van der Waals surface area contributed by atoms with Gasteiger partial charge in [0, 0.05) is 61.0 Å². The highest BCUT2D eigenvalue weighted by molar-refractivity contribution is 6.35. The van der Waals surface area contributed by atoms with Crippen molar-refractivity contribution in [2.75, 3.05) is 32.8 Å². The van der Waals surface area contributed by atoms with E-state index < -0.39 is 0 Å². The number of pyridine rings is 1. The summed E-state index contributed by atoms with van der Waals surface area (Å²) in [5.74, 6) is 0.236. The van der Waals surface area contributed by atoms with Crippen LogP contribution < -0.4 is 0 Å². The Balaban J connectivity index is 1.46. The van der Waals surface area contributed by atoms with Crippen LogP contribution in [0.25, 0.3) is 16.4 Å². The van der Waals surface area contributed by atoms with Gasteiger partial charge < -0.3 is 4.74 Å². The van der Waals surface area contributed by atoms with Crippen molar-refractivity contribution in [1.82, 2.24) is 24.5 Å². The summed E-state index contributed by atoms with van der Waals surface area (Å²) in [7, 11) is 0. The first kappa shape index (κ1) is 20.4. The lowest BCUT2D eigenvalue weighted by atomic mass is 9.97. The van der Waals surface area contributed by atoms with Gasteiger partial charge >= 0.3 is 0 Å². The number of morpholine rings is 1. The highest BCUT2D eigenvalue weighted by Gasteiger charge is 2.17. The summed E-state index contributed by atoms with van der Waals surface area (Å²) in [6.45, 7) is 6.75. The third-order valence-corrected chi connectivity index (χ3v) is 6.37. The molecule has 1 saturated heterocycles. The fourth-order valence-electron chi connectivity index (χ4n) is 4.35.